The van der Waals surface area contributed by atoms with Crippen molar-refractivity contribution < 1.29 is 9.53 Å². The van der Waals surface area contributed by atoms with Crippen LogP contribution in [0, 0.1) is 0 Å². The monoisotopic (exact) mass is 280 g/mol. The molecule has 4 nitrogen and oxygen atoms in total. The molecule has 0 saturated heterocycles. The van der Waals surface area contributed by atoms with Crippen molar-refractivity contribution in [3.05, 3.63) is 24.3 Å². The number of ether oxygens (including phenoxy) is 1. The van der Waals surface area contributed by atoms with Gasteiger partial charge in [0, 0.05) is 11.3 Å². The molecule has 1 fully saturated rings. The molecule has 1 aromatic carbocycles. The smallest absolute Gasteiger partial charge is 0.238 e. The zero-order chi connectivity index (χ0) is 13.7. The van der Waals surface area contributed by atoms with Gasteiger partial charge < -0.3 is 15.4 Å². The Morgan fingerprint density at radius 1 is 1.42 bits per heavy atom. The molecule has 0 bridgehead atoms. The lowest BCUT2D eigenvalue weighted by Crippen LogP contribution is -2.33. The van der Waals surface area contributed by atoms with Crippen molar-refractivity contribution >= 4 is 23.4 Å². The Labute approximate surface area is 118 Å². The van der Waals surface area contributed by atoms with E-state index < -0.39 is 0 Å². The molecule has 0 radical (unpaired) electrons. The molecule has 2 rings (SSSR count). The summed E-state index contributed by atoms with van der Waals surface area (Å²) in [5.74, 6) is 0.639. The molecule has 5 heteroatoms. The van der Waals surface area contributed by atoms with Crippen molar-refractivity contribution in [2.75, 3.05) is 31.8 Å². The molecule has 1 aliphatic rings. The fraction of sp³-hybridized carbons (Fsp3) is 0.500. The van der Waals surface area contributed by atoms with Gasteiger partial charge in [0.2, 0.25) is 5.91 Å². The van der Waals surface area contributed by atoms with E-state index in [1.165, 1.54) is 12.8 Å². The first-order valence-electron chi connectivity index (χ1n) is 6.38. The Morgan fingerprint density at radius 2 is 2.16 bits per heavy atom. The van der Waals surface area contributed by atoms with E-state index in [4.69, 9.17) is 4.74 Å². The van der Waals surface area contributed by atoms with Crippen LogP contribution in [0.15, 0.2) is 24.3 Å². The van der Waals surface area contributed by atoms with E-state index in [0.29, 0.717) is 22.7 Å². The van der Waals surface area contributed by atoms with Crippen LogP contribution < -0.4 is 15.4 Å². The van der Waals surface area contributed by atoms with Gasteiger partial charge in [-0.2, -0.15) is 11.8 Å². The second kappa shape index (κ2) is 6.30. The Balaban J connectivity index is 1.78. The molecule has 0 atom stereocenters. The Kier molecular flexibility index (Phi) is 4.71. The molecule has 104 valence electrons. The van der Waals surface area contributed by atoms with E-state index in [0.717, 1.165) is 6.54 Å². The number of anilines is 1. The summed E-state index contributed by atoms with van der Waals surface area (Å²) in [4.78, 5) is 11.8. The molecule has 1 aromatic rings. The van der Waals surface area contributed by atoms with Crippen LogP contribution >= 0.6 is 11.8 Å². The van der Waals surface area contributed by atoms with Crippen molar-refractivity contribution in [2.45, 2.75) is 17.6 Å². The summed E-state index contributed by atoms with van der Waals surface area (Å²) in [6.07, 6.45) is 4.62. The van der Waals surface area contributed by atoms with Crippen LogP contribution in [-0.4, -0.2) is 37.1 Å². The SMILES string of the molecule is COc1ccccc1NC(=O)CNCC1(SC)CC1. The fourth-order valence-corrected chi connectivity index (χ4v) is 2.70. The molecule has 1 saturated carbocycles. The fourth-order valence-electron chi connectivity index (χ4n) is 1.94. The Bertz CT molecular complexity index is 447. The third-order valence-electron chi connectivity index (χ3n) is 3.35. The van der Waals surface area contributed by atoms with Gasteiger partial charge in [-0.3, -0.25) is 4.79 Å². The lowest BCUT2D eigenvalue weighted by atomic mass is 10.3. The minimum atomic E-state index is -0.0404. The minimum absolute atomic E-state index is 0.0404. The third-order valence-corrected chi connectivity index (χ3v) is 4.77. The molecule has 0 heterocycles. The number of rotatable bonds is 7. The highest BCUT2D eigenvalue weighted by molar-refractivity contribution is 8.00. The summed E-state index contributed by atoms with van der Waals surface area (Å²) in [7, 11) is 1.60. The number of hydrogen-bond acceptors (Lipinski definition) is 4. The number of hydrogen-bond donors (Lipinski definition) is 2. The van der Waals surface area contributed by atoms with Gasteiger partial charge in [0.25, 0.3) is 0 Å². The first kappa shape index (κ1) is 14.2. The van der Waals surface area contributed by atoms with E-state index in [1.807, 2.05) is 36.0 Å². The summed E-state index contributed by atoms with van der Waals surface area (Å²) in [6.45, 7) is 1.23. The number of carbonyl (C=O) groups excluding carboxylic acids is 1. The first-order chi connectivity index (χ1) is 9.19. The molecule has 0 unspecified atom stereocenters. The van der Waals surface area contributed by atoms with Crippen LogP contribution in [0.3, 0.4) is 0 Å². The van der Waals surface area contributed by atoms with Gasteiger partial charge in [0.15, 0.2) is 0 Å². The molecule has 1 amide bonds. The van der Waals surface area contributed by atoms with Crippen molar-refractivity contribution in [1.82, 2.24) is 5.32 Å². The number of benzene rings is 1. The largest absolute Gasteiger partial charge is 0.495 e. The molecule has 19 heavy (non-hydrogen) atoms. The lowest BCUT2D eigenvalue weighted by molar-refractivity contribution is -0.115. The molecule has 2 N–H and O–H groups in total. The van der Waals surface area contributed by atoms with Gasteiger partial charge in [-0.25, -0.2) is 0 Å². The third kappa shape index (κ3) is 3.88. The van der Waals surface area contributed by atoms with Gasteiger partial charge in [-0.05, 0) is 31.2 Å². The van der Waals surface area contributed by atoms with Crippen molar-refractivity contribution in [3.63, 3.8) is 0 Å². The maximum atomic E-state index is 11.8. The summed E-state index contributed by atoms with van der Waals surface area (Å²) in [5, 5.41) is 6.08. The number of thioether (sulfide) groups is 1. The quantitative estimate of drug-likeness (QED) is 0.803. The standard InChI is InChI=1S/C14H20N2O2S/c1-18-12-6-4-3-5-11(12)16-13(17)9-15-10-14(19-2)7-8-14/h3-6,15H,7-10H2,1-2H3,(H,16,17). The zero-order valence-corrected chi connectivity index (χ0v) is 12.2. The average molecular weight is 280 g/mol. The second-order valence-corrected chi connectivity index (χ2v) is 6.01. The maximum absolute atomic E-state index is 11.8. The predicted molar refractivity (Wildman–Crippen MR) is 80.0 cm³/mol. The van der Waals surface area contributed by atoms with Gasteiger partial charge in [0.1, 0.15) is 5.75 Å². The first-order valence-corrected chi connectivity index (χ1v) is 7.60. The molecule has 0 aromatic heterocycles. The lowest BCUT2D eigenvalue weighted by Gasteiger charge is -2.13. The van der Waals surface area contributed by atoms with Crippen molar-refractivity contribution in [3.8, 4) is 5.75 Å². The highest BCUT2D eigenvalue weighted by Crippen LogP contribution is 2.46. The number of para-hydroxylation sites is 2. The molecular formula is C14H20N2O2S. The number of carbonyl (C=O) groups is 1. The summed E-state index contributed by atoms with van der Waals surface area (Å²) >= 11 is 1.89. The van der Waals surface area contributed by atoms with Crippen LogP contribution in [0.25, 0.3) is 0 Å². The molecule has 0 aliphatic heterocycles. The van der Waals surface area contributed by atoms with Crippen molar-refractivity contribution in [1.29, 1.82) is 0 Å². The molecular weight excluding hydrogens is 260 g/mol. The van der Waals surface area contributed by atoms with E-state index >= 15 is 0 Å². The summed E-state index contributed by atoms with van der Waals surface area (Å²) in [6, 6.07) is 7.41. The highest BCUT2D eigenvalue weighted by Gasteiger charge is 2.41. The average Bonchev–Trinajstić information content (AvgIpc) is 3.20. The summed E-state index contributed by atoms with van der Waals surface area (Å²) in [5.41, 5.74) is 0.711. The highest BCUT2D eigenvalue weighted by atomic mass is 32.2. The van der Waals surface area contributed by atoms with Gasteiger partial charge >= 0.3 is 0 Å². The normalized spacial score (nSPS) is 15.9. The van der Waals surface area contributed by atoms with Gasteiger partial charge in [0.05, 0.1) is 19.3 Å². The molecule has 0 spiro atoms. The number of methoxy groups -OCH3 is 1. The minimum Gasteiger partial charge on any atom is -0.495 e. The molecule has 1 aliphatic carbocycles. The second-order valence-electron chi connectivity index (χ2n) is 4.74. The van der Waals surface area contributed by atoms with Crippen LogP contribution in [0.5, 0.6) is 5.75 Å². The van der Waals surface area contributed by atoms with Crippen molar-refractivity contribution in [2.24, 2.45) is 0 Å². The Morgan fingerprint density at radius 3 is 2.79 bits per heavy atom. The zero-order valence-electron chi connectivity index (χ0n) is 11.4. The Hall–Kier alpha value is -1.20. The maximum Gasteiger partial charge on any atom is 0.238 e. The van der Waals surface area contributed by atoms with E-state index in [-0.39, 0.29) is 5.91 Å². The predicted octanol–water partition coefficient (Wildman–Crippen LogP) is 2.12. The van der Waals surface area contributed by atoms with Crippen LogP contribution in [-0.2, 0) is 4.79 Å². The van der Waals surface area contributed by atoms with Crippen LogP contribution in [0.2, 0.25) is 0 Å². The van der Waals surface area contributed by atoms with E-state index in [9.17, 15) is 4.79 Å². The topological polar surface area (TPSA) is 50.4 Å². The number of nitrogens with one attached hydrogen (secondary N) is 2. The summed E-state index contributed by atoms with van der Waals surface area (Å²) < 4.78 is 5.57. The van der Waals surface area contributed by atoms with E-state index in [1.54, 1.807) is 7.11 Å². The van der Waals surface area contributed by atoms with E-state index in [2.05, 4.69) is 16.9 Å². The van der Waals surface area contributed by atoms with Gasteiger partial charge in [-0.1, -0.05) is 12.1 Å². The van der Waals surface area contributed by atoms with Crippen LogP contribution in [0.4, 0.5) is 5.69 Å². The van der Waals surface area contributed by atoms with Crippen LogP contribution in [0.1, 0.15) is 12.8 Å². The number of amides is 1. The van der Waals surface area contributed by atoms with Gasteiger partial charge in [-0.15, -0.1) is 0 Å².